The van der Waals surface area contributed by atoms with Crippen LogP contribution in [0.15, 0.2) is 58.4 Å². The van der Waals surface area contributed by atoms with E-state index >= 15 is 0 Å². The summed E-state index contributed by atoms with van der Waals surface area (Å²) in [4.78, 5) is 31.6. The molecule has 2 N–H and O–H groups in total. The molecule has 0 spiro atoms. The lowest BCUT2D eigenvalue weighted by molar-refractivity contribution is -0.121. The van der Waals surface area contributed by atoms with Gasteiger partial charge >= 0.3 is 0 Å². The minimum atomic E-state index is -3.77. The normalized spacial score (nSPS) is 18.5. The van der Waals surface area contributed by atoms with Crippen LogP contribution in [-0.4, -0.2) is 50.6 Å². The molecule has 0 aliphatic carbocycles. The van der Waals surface area contributed by atoms with Crippen molar-refractivity contribution in [3.8, 4) is 0 Å². The molecule has 1 atom stereocenters. The zero-order valence-electron chi connectivity index (χ0n) is 18.0. The molecule has 174 valence electrons. The number of carbonyl (C=O) groups excluding carboxylic acids is 2. The first-order valence-electron chi connectivity index (χ1n) is 10.8. The van der Waals surface area contributed by atoms with Crippen LogP contribution < -0.4 is 10.0 Å². The average molecular weight is 489 g/mol. The quantitative estimate of drug-likeness (QED) is 0.673. The molecule has 0 unspecified atom stereocenters. The van der Waals surface area contributed by atoms with E-state index in [1.165, 1.54) is 12.1 Å². The van der Waals surface area contributed by atoms with Crippen LogP contribution in [0.5, 0.6) is 0 Å². The summed E-state index contributed by atoms with van der Waals surface area (Å²) in [5.41, 5.74) is 0.912. The van der Waals surface area contributed by atoms with Crippen molar-refractivity contribution in [2.45, 2.75) is 30.6 Å². The Morgan fingerprint density at radius 2 is 1.88 bits per heavy atom. The van der Waals surface area contributed by atoms with Gasteiger partial charge in [-0.25, -0.2) is 8.42 Å². The van der Waals surface area contributed by atoms with E-state index in [0.29, 0.717) is 61.0 Å². The number of halogens is 1. The fourth-order valence-corrected chi connectivity index (χ4v) is 5.23. The zero-order chi connectivity index (χ0) is 23.4. The van der Waals surface area contributed by atoms with Crippen molar-refractivity contribution in [1.29, 1.82) is 0 Å². The molecule has 10 heteroatoms. The Labute approximate surface area is 198 Å². The Balaban J connectivity index is 1.41. The Morgan fingerprint density at radius 1 is 1.09 bits per heavy atom. The standard InChI is InChI=1S/C23H25ClN4O4S/c24-18-10-8-16(9-11-18)23(30)28-13-3-4-17(15-28)22(29)26-19-5-1-6-20(14-19)33(31,32)27-21-7-2-12-25-21/h1,5-6,8-11,14,17H,2-4,7,12-13,15H2,(H,25,27)(H,26,29)/t17-/m1/s1. The molecular formula is C23H25ClN4O4S. The summed E-state index contributed by atoms with van der Waals surface area (Å²) in [5.74, 6) is -0.317. The maximum absolute atomic E-state index is 12.9. The van der Waals surface area contributed by atoms with Crippen LogP contribution in [0, 0.1) is 5.92 Å². The number of nitrogens with one attached hydrogen (secondary N) is 2. The Hall–Kier alpha value is -2.91. The summed E-state index contributed by atoms with van der Waals surface area (Å²) < 4.78 is 27.8. The zero-order valence-corrected chi connectivity index (χ0v) is 19.5. The molecule has 2 amide bonds. The summed E-state index contributed by atoms with van der Waals surface area (Å²) >= 11 is 5.90. The van der Waals surface area contributed by atoms with Gasteiger partial charge in [0.05, 0.1) is 10.8 Å². The lowest BCUT2D eigenvalue weighted by Gasteiger charge is -2.32. The topological polar surface area (TPSA) is 108 Å². The monoisotopic (exact) mass is 488 g/mol. The number of likely N-dealkylation sites (tertiary alicyclic amines) is 1. The molecule has 0 aromatic heterocycles. The van der Waals surface area contributed by atoms with Gasteiger partial charge in [0.2, 0.25) is 5.91 Å². The molecule has 33 heavy (non-hydrogen) atoms. The first kappa shape index (κ1) is 23.3. The predicted molar refractivity (Wildman–Crippen MR) is 127 cm³/mol. The van der Waals surface area contributed by atoms with Gasteiger partial charge in [0.1, 0.15) is 5.84 Å². The smallest absolute Gasteiger partial charge is 0.262 e. The molecule has 0 saturated carbocycles. The number of amides is 2. The van der Waals surface area contributed by atoms with Crippen LogP contribution in [0.1, 0.15) is 36.0 Å². The number of aliphatic imine (C=N–C) groups is 1. The van der Waals surface area contributed by atoms with Crippen molar-refractivity contribution in [3.63, 3.8) is 0 Å². The van der Waals surface area contributed by atoms with Gasteiger partial charge in [0.15, 0.2) is 0 Å². The lowest BCUT2D eigenvalue weighted by Crippen LogP contribution is -2.43. The summed E-state index contributed by atoms with van der Waals surface area (Å²) in [7, 11) is -3.77. The highest BCUT2D eigenvalue weighted by molar-refractivity contribution is 7.90. The minimum Gasteiger partial charge on any atom is -0.338 e. The maximum Gasteiger partial charge on any atom is 0.262 e. The number of nitrogens with zero attached hydrogens (tertiary/aromatic N) is 2. The molecule has 2 aliphatic heterocycles. The summed E-state index contributed by atoms with van der Waals surface area (Å²) in [6.45, 7) is 1.49. The van der Waals surface area contributed by atoms with E-state index in [9.17, 15) is 18.0 Å². The molecule has 2 aliphatic rings. The number of hydrogen-bond donors (Lipinski definition) is 2. The van der Waals surface area contributed by atoms with E-state index in [2.05, 4.69) is 15.0 Å². The SMILES string of the molecule is O=C(Nc1cccc(S(=O)(=O)NC2=NCCC2)c1)[C@@H]1CCCN(C(=O)c2ccc(Cl)cc2)C1. The van der Waals surface area contributed by atoms with E-state index in [4.69, 9.17) is 11.6 Å². The Bertz CT molecular complexity index is 1180. The van der Waals surface area contributed by atoms with Crippen molar-refractivity contribution in [2.75, 3.05) is 25.0 Å². The summed E-state index contributed by atoms with van der Waals surface area (Å²) in [6, 6.07) is 12.8. The highest BCUT2D eigenvalue weighted by atomic mass is 35.5. The third kappa shape index (κ3) is 5.72. The van der Waals surface area contributed by atoms with Crippen LogP contribution in [0.2, 0.25) is 5.02 Å². The van der Waals surface area contributed by atoms with Crippen LogP contribution >= 0.6 is 11.6 Å². The number of amidine groups is 1. The maximum atomic E-state index is 12.9. The fraction of sp³-hybridized carbons (Fsp3) is 0.348. The van der Waals surface area contributed by atoms with Gasteiger partial charge in [0, 0.05) is 42.3 Å². The molecule has 0 radical (unpaired) electrons. The van der Waals surface area contributed by atoms with Gasteiger partial charge in [-0.15, -0.1) is 0 Å². The van der Waals surface area contributed by atoms with Gasteiger partial charge in [-0.3, -0.25) is 19.3 Å². The van der Waals surface area contributed by atoms with Crippen LogP contribution in [-0.2, 0) is 14.8 Å². The van der Waals surface area contributed by atoms with Crippen molar-refractivity contribution in [1.82, 2.24) is 9.62 Å². The second kappa shape index (κ2) is 9.93. The van der Waals surface area contributed by atoms with Crippen LogP contribution in [0.3, 0.4) is 0 Å². The molecule has 4 rings (SSSR count). The van der Waals surface area contributed by atoms with Gasteiger partial charge in [-0.05, 0) is 61.7 Å². The van der Waals surface area contributed by atoms with Gasteiger partial charge in [-0.1, -0.05) is 17.7 Å². The molecular weight excluding hydrogens is 464 g/mol. The van der Waals surface area contributed by atoms with E-state index in [0.717, 1.165) is 6.42 Å². The van der Waals surface area contributed by atoms with Crippen molar-refractivity contribution in [2.24, 2.45) is 10.9 Å². The highest BCUT2D eigenvalue weighted by Crippen LogP contribution is 2.22. The highest BCUT2D eigenvalue weighted by Gasteiger charge is 2.29. The molecule has 0 bridgehead atoms. The number of piperidine rings is 1. The largest absolute Gasteiger partial charge is 0.338 e. The van der Waals surface area contributed by atoms with E-state index in [1.807, 2.05) is 0 Å². The number of anilines is 1. The molecule has 2 aromatic carbocycles. The predicted octanol–water partition coefficient (Wildman–Crippen LogP) is 3.30. The number of rotatable bonds is 5. The molecule has 2 aromatic rings. The first-order chi connectivity index (χ1) is 15.8. The first-order valence-corrected chi connectivity index (χ1v) is 12.7. The number of sulfonamides is 1. The number of benzene rings is 2. The average Bonchev–Trinajstić information content (AvgIpc) is 3.32. The van der Waals surface area contributed by atoms with Gasteiger partial charge in [-0.2, -0.15) is 0 Å². The second-order valence-corrected chi connectivity index (χ2v) is 10.3. The van der Waals surface area contributed by atoms with Gasteiger partial charge < -0.3 is 10.2 Å². The lowest BCUT2D eigenvalue weighted by atomic mass is 9.96. The van der Waals surface area contributed by atoms with Crippen molar-refractivity contribution >= 4 is 45.0 Å². The molecule has 8 nitrogen and oxygen atoms in total. The minimum absolute atomic E-state index is 0.0538. The number of carbonyl (C=O) groups is 2. The van der Waals surface area contributed by atoms with Crippen molar-refractivity contribution < 1.29 is 18.0 Å². The van der Waals surface area contributed by atoms with E-state index < -0.39 is 10.0 Å². The van der Waals surface area contributed by atoms with Crippen molar-refractivity contribution in [3.05, 3.63) is 59.1 Å². The molecule has 1 fully saturated rings. The van der Waals surface area contributed by atoms with Crippen LogP contribution in [0.25, 0.3) is 0 Å². The van der Waals surface area contributed by atoms with Gasteiger partial charge in [0.25, 0.3) is 15.9 Å². The third-order valence-corrected chi connectivity index (χ3v) is 7.34. The van der Waals surface area contributed by atoms with E-state index in [1.54, 1.807) is 41.3 Å². The second-order valence-electron chi connectivity index (χ2n) is 8.15. The van der Waals surface area contributed by atoms with Crippen LogP contribution in [0.4, 0.5) is 5.69 Å². The summed E-state index contributed by atoms with van der Waals surface area (Å²) in [5, 5.41) is 3.36. The summed E-state index contributed by atoms with van der Waals surface area (Å²) in [6.07, 6.45) is 2.78. The molecule has 2 heterocycles. The third-order valence-electron chi connectivity index (χ3n) is 5.71. The Morgan fingerprint density at radius 3 is 2.61 bits per heavy atom. The number of hydrogen-bond acceptors (Lipinski definition) is 5. The van der Waals surface area contributed by atoms with E-state index in [-0.39, 0.29) is 22.6 Å². The Kier molecular flexibility index (Phi) is 6.99. The molecule has 1 saturated heterocycles. The fourth-order valence-electron chi connectivity index (χ4n) is 3.97.